The minimum Gasteiger partial charge on any atom is -0.461 e. The molecule has 1 heterocycles. The zero-order chi connectivity index (χ0) is 11.4. The Balaban J connectivity index is 2.17. The van der Waals surface area contributed by atoms with Crippen molar-refractivity contribution in [3.8, 4) is 0 Å². The van der Waals surface area contributed by atoms with Crippen molar-refractivity contribution in [1.29, 1.82) is 0 Å². The van der Waals surface area contributed by atoms with E-state index in [1.807, 2.05) is 13.0 Å². The molecule has 86 valence electrons. The predicted molar refractivity (Wildman–Crippen MR) is 63.6 cm³/mol. The molecular formula is C14H18O2. The van der Waals surface area contributed by atoms with Crippen LogP contribution in [0.1, 0.15) is 54.6 Å². The molecule has 0 amide bonds. The van der Waals surface area contributed by atoms with Gasteiger partial charge in [0.25, 0.3) is 0 Å². The molecular weight excluding hydrogens is 200 g/mol. The first-order valence-corrected chi connectivity index (χ1v) is 6.07. The van der Waals surface area contributed by atoms with Crippen molar-refractivity contribution >= 4 is 5.78 Å². The third-order valence-corrected chi connectivity index (χ3v) is 3.15. The molecule has 1 aliphatic rings. The maximum atomic E-state index is 12.2. The Kier molecular flexibility index (Phi) is 3.60. The first-order valence-electron chi connectivity index (χ1n) is 6.07. The average Bonchev–Trinajstić information content (AvgIpc) is 2.63. The summed E-state index contributed by atoms with van der Waals surface area (Å²) in [5.41, 5.74) is 1.88. The zero-order valence-corrected chi connectivity index (χ0v) is 9.79. The van der Waals surface area contributed by atoms with E-state index in [4.69, 9.17) is 4.42 Å². The first kappa shape index (κ1) is 11.2. The number of carbonyl (C=O) groups excluding carboxylic acids is 1. The fraction of sp³-hybridized carbons (Fsp3) is 0.500. The Hall–Kier alpha value is -1.31. The van der Waals surface area contributed by atoms with Crippen molar-refractivity contribution in [2.75, 3.05) is 0 Å². The molecule has 1 aliphatic carbocycles. The van der Waals surface area contributed by atoms with Crippen LogP contribution in [0.15, 0.2) is 28.4 Å². The summed E-state index contributed by atoms with van der Waals surface area (Å²) < 4.78 is 5.26. The topological polar surface area (TPSA) is 30.2 Å². The van der Waals surface area contributed by atoms with Gasteiger partial charge in [-0.2, -0.15) is 0 Å². The van der Waals surface area contributed by atoms with Crippen LogP contribution in [0, 0.1) is 6.92 Å². The standard InChI is InChI=1S/C14H18O2/c1-11-9-10-16-14(11)13(15)12-7-5-3-2-4-6-8-12/h7,9-10H,2-6,8H2,1H3/b12-7+. The van der Waals surface area contributed by atoms with Gasteiger partial charge in [0.2, 0.25) is 5.78 Å². The van der Waals surface area contributed by atoms with Gasteiger partial charge >= 0.3 is 0 Å². The van der Waals surface area contributed by atoms with E-state index in [1.165, 1.54) is 19.3 Å². The number of furan rings is 1. The summed E-state index contributed by atoms with van der Waals surface area (Å²) in [5, 5.41) is 0. The number of rotatable bonds is 2. The van der Waals surface area contributed by atoms with Crippen LogP contribution in [-0.2, 0) is 0 Å². The van der Waals surface area contributed by atoms with Gasteiger partial charge in [-0.1, -0.05) is 18.9 Å². The quantitative estimate of drug-likeness (QED) is 0.701. The summed E-state index contributed by atoms with van der Waals surface area (Å²) in [5.74, 6) is 0.608. The second kappa shape index (κ2) is 5.15. The maximum absolute atomic E-state index is 12.2. The Morgan fingerprint density at radius 3 is 2.81 bits per heavy atom. The summed E-state index contributed by atoms with van der Waals surface area (Å²) >= 11 is 0. The highest BCUT2D eigenvalue weighted by atomic mass is 16.3. The Morgan fingerprint density at radius 1 is 1.25 bits per heavy atom. The number of aryl methyl sites for hydroxylation is 1. The number of hydrogen-bond donors (Lipinski definition) is 0. The molecule has 1 aromatic rings. The third-order valence-electron chi connectivity index (χ3n) is 3.15. The number of Topliss-reactive ketones (excluding diaryl/α,β-unsaturated/α-hetero) is 1. The minimum atomic E-state index is 0.0874. The van der Waals surface area contributed by atoms with E-state index in [0.29, 0.717) is 5.76 Å². The second-order valence-corrected chi connectivity index (χ2v) is 4.44. The van der Waals surface area contributed by atoms with Gasteiger partial charge in [0.05, 0.1) is 6.26 Å². The second-order valence-electron chi connectivity index (χ2n) is 4.44. The number of hydrogen-bond acceptors (Lipinski definition) is 2. The Bertz CT molecular complexity index is 399. The minimum absolute atomic E-state index is 0.0874. The molecule has 1 aromatic heterocycles. The van der Waals surface area contributed by atoms with Gasteiger partial charge in [0.15, 0.2) is 5.76 Å². The molecule has 2 heteroatoms. The Labute approximate surface area is 96.3 Å². The SMILES string of the molecule is Cc1ccoc1C(=O)/C1=C/CCCCCC1. The van der Waals surface area contributed by atoms with Gasteiger partial charge in [-0.3, -0.25) is 4.79 Å². The molecule has 2 nitrogen and oxygen atoms in total. The van der Waals surface area contributed by atoms with Crippen LogP contribution in [-0.4, -0.2) is 5.78 Å². The van der Waals surface area contributed by atoms with Gasteiger partial charge in [-0.05, 0) is 49.8 Å². The molecule has 0 aromatic carbocycles. The largest absolute Gasteiger partial charge is 0.461 e. The molecule has 0 atom stereocenters. The normalized spacial score (nSPS) is 20.7. The van der Waals surface area contributed by atoms with Crippen molar-refractivity contribution in [2.45, 2.75) is 45.4 Å². The van der Waals surface area contributed by atoms with Crippen molar-refractivity contribution < 1.29 is 9.21 Å². The fourth-order valence-electron chi connectivity index (χ4n) is 2.15. The lowest BCUT2D eigenvalue weighted by Gasteiger charge is -2.09. The van der Waals surface area contributed by atoms with Crippen LogP contribution >= 0.6 is 0 Å². The third kappa shape index (κ3) is 2.43. The molecule has 0 N–H and O–H groups in total. The van der Waals surface area contributed by atoms with Crippen LogP contribution in [0.2, 0.25) is 0 Å². The van der Waals surface area contributed by atoms with Crippen molar-refractivity contribution in [3.05, 3.63) is 35.3 Å². The van der Waals surface area contributed by atoms with E-state index < -0.39 is 0 Å². The number of carbonyl (C=O) groups is 1. The van der Waals surface area contributed by atoms with Gasteiger partial charge in [0.1, 0.15) is 0 Å². The summed E-state index contributed by atoms with van der Waals surface area (Å²) in [6.45, 7) is 1.92. The summed E-state index contributed by atoms with van der Waals surface area (Å²) in [4.78, 5) is 12.2. The van der Waals surface area contributed by atoms with E-state index in [-0.39, 0.29) is 5.78 Å². The van der Waals surface area contributed by atoms with E-state index >= 15 is 0 Å². The van der Waals surface area contributed by atoms with E-state index in [9.17, 15) is 4.79 Å². The lowest BCUT2D eigenvalue weighted by atomic mass is 9.95. The van der Waals surface area contributed by atoms with Crippen LogP contribution in [0.4, 0.5) is 0 Å². The molecule has 0 unspecified atom stereocenters. The monoisotopic (exact) mass is 218 g/mol. The van der Waals surface area contributed by atoms with Crippen molar-refractivity contribution in [2.24, 2.45) is 0 Å². The fourth-order valence-corrected chi connectivity index (χ4v) is 2.15. The highest BCUT2D eigenvalue weighted by Gasteiger charge is 2.17. The molecule has 0 saturated carbocycles. The molecule has 0 saturated heterocycles. The number of ketones is 1. The smallest absolute Gasteiger partial charge is 0.224 e. The summed E-state index contributed by atoms with van der Waals surface area (Å²) in [6, 6.07) is 1.84. The first-order chi connectivity index (χ1) is 7.79. The van der Waals surface area contributed by atoms with Crippen molar-refractivity contribution in [3.63, 3.8) is 0 Å². The van der Waals surface area contributed by atoms with Crippen LogP contribution < -0.4 is 0 Å². The van der Waals surface area contributed by atoms with Gasteiger partial charge in [0, 0.05) is 0 Å². The van der Waals surface area contributed by atoms with Crippen LogP contribution in [0.25, 0.3) is 0 Å². The lowest BCUT2D eigenvalue weighted by molar-refractivity contribution is 0.0998. The highest BCUT2D eigenvalue weighted by molar-refractivity contribution is 6.07. The molecule has 0 spiro atoms. The highest BCUT2D eigenvalue weighted by Crippen LogP contribution is 2.22. The van der Waals surface area contributed by atoms with E-state index in [0.717, 1.165) is 30.4 Å². The van der Waals surface area contributed by atoms with Crippen molar-refractivity contribution in [1.82, 2.24) is 0 Å². The van der Waals surface area contributed by atoms with E-state index in [2.05, 4.69) is 6.08 Å². The zero-order valence-electron chi connectivity index (χ0n) is 9.79. The van der Waals surface area contributed by atoms with E-state index in [1.54, 1.807) is 6.26 Å². The maximum Gasteiger partial charge on any atom is 0.224 e. The Morgan fingerprint density at radius 2 is 2.06 bits per heavy atom. The van der Waals surface area contributed by atoms with Gasteiger partial charge in [-0.25, -0.2) is 0 Å². The predicted octanol–water partition coefficient (Wildman–Crippen LogP) is 4.05. The lowest BCUT2D eigenvalue weighted by Crippen LogP contribution is -2.05. The summed E-state index contributed by atoms with van der Waals surface area (Å²) in [6.07, 6.45) is 10.5. The number of allylic oxidation sites excluding steroid dienone is 2. The summed E-state index contributed by atoms with van der Waals surface area (Å²) in [7, 11) is 0. The molecule has 0 bridgehead atoms. The van der Waals surface area contributed by atoms with Gasteiger partial charge in [-0.15, -0.1) is 0 Å². The molecule has 0 radical (unpaired) electrons. The van der Waals surface area contributed by atoms with Crippen LogP contribution in [0.3, 0.4) is 0 Å². The molecule has 16 heavy (non-hydrogen) atoms. The molecule has 0 fully saturated rings. The molecule has 2 rings (SSSR count). The molecule has 0 aliphatic heterocycles. The van der Waals surface area contributed by atoms with Gasteiger partial charge < -0.3 is 4.42 Å². The van der Waals surface area contributed by atoms with Crippen LogP contribution in [0.5, 0.6) is 0 Å². The average molecular weight is 218 g/mol.